The van der Waals surface area contributed by atoms with E-state index in [9.17, 15) is 19.7 Å². The summed E-state index contributed by atoms with van der Waals surface area (Å²) in [5, 5.41) is 17.5. The molecule has 0 unspecified atom stereocenters. The zero-order chi connectivity index (χ0) is 22.8. The van der Waals surface area contributed by atoms with Gasteiger partial charge in [-0.2, -0.15) is 0 Å². The Hall–Kier alpha value is -3.79. The number of nitrogens with zero attached hydrogens (tertiary/aromatic N) is 4. The molecule has 0 aliphatic heterocycles. The van der Waals surface area contributed by atoms with E-state index in [1.807, 2.05) is 13.8 Å². The molecule has 0 bridgehead atoms. The van der Waals surface area contributed by atoms with Crippen molar-refractivity contribution < 1.29 is 14.5 Å². The topological polar surface area (TPSA) is 146 Å². The second-order valence-corrected chi connectivity index (χ2v) is 5.62. The summed E-state index contributed by atoms with van der Waals surface area (Å²) in [6, 6.07) is 4.01. The highest BCUT2D eigenvalue weighted by atomic mass is 35.5. The summed E-state index contributed by atoms with van der Waals surface area (Å²) < 4.78 is 0.945. The number of hydrogen-bond donors (Lipinski definition) is 2. The minimum atomic E-state index is -0.810. The van der Waals surface area contributed by atoms with Crippen LogP contribution >= 0.6 is 11.6 Å². The molecule has 0 aromatic carbocycles. The van der Waals surface area contributed by atoms with E-state index < -0.39 is 22.6 Å². The van der Waals surface area contributed by atoms with E-state index in [1.165, 1.54) is 24.4 Å². The highest BCUT2D eigenvalue weighted by Crippen LogP contribution is 2.22. The zero-order valence-electron chi connectivity index (χ0n) is 16.6. The van der Waals surface area contributed by atoms with Crippen molar-refractivity contribution in [3.8, 4) is 5.82 Å². The molecule has 0 aliphatic carbocycles. The Bertz CT molecular complexity index is 1030. The van der Waals surface area contributed by atoms with Gasteiger partial charge in [-0.3, -0.25) is 9.59 Å². The van der Waals surface area contributed by atoms with E-state index in [2.05, 4.69) is 22.0 Å². The molecule has 0 spiro atoms. The first-order valence-corrected chi connectivity index (χ1v) is 9.13. The van der Waals surface area contributed by atoms with Crippen LogP contribution in [0, 0.1) is 10.1 Å². The van der Waals surface area contributed by atoms with Crippen LogP contribution in [0.4, 0.5) is 5.82 Å². The second kappa shape index (κ2) is 11.3. The van der Waals surface area contributed by atoms with Crippen molar-refractivity contribution in [2.45, 2.75) is 20.8 Å². The average molecular weight is 433 g/mol. The van der Waals surface area contributed by atoms with Crippen LogP contribution in [0.3, 0.4) is 0 Å². The first-order chi connectivity index (χ1) is 14.3. The number of carbonyl (C=O) groups is 2. The van der Waals surface area contributed by atoms with Crippen molar-refractivity contribution in [2.75, 3.05) is 0 Å². The first-order valence-electron chi connectivity index (χ1n) is 8.76. The van der Waals surface area contributed by atoms with E-state index in [0.29, 0.717) is 0 Å². The van der Waals surface area contributed by atoms with Crippen LogP contribution in [-0.4, -0.2) is 31.5 Å². The molecular formula is C19H21ClN6O4. The van der Waals surface area contributed by atoms with E-state index >= 15 is 0 Å². The molecule has 3 N–H and O–H groups in total. The van der Waals surface area contributed by atoms with Crippen LogP contribution in [0.5, 0.6) is 0 Å². The molecule has 2 heterocycles. The van der Waals surface area contributed by atoms with Crippen LogP contribution in [0.25, 0.3) is 5.82 Å². The zero-order valence-corrected chi connectivity index (χ0v) is 17.4. The molecule has 0 aliphatic rings. The summed E-state index contributed by atoms with van der Waals surface area (Å²) in [6.45, 7) is 9.15. The lowest BCUT2D eigenvalue weighted by molar-refractivity contribution is -0.389. The van der Waals surface area contributed by atoms with Gasteiger partial charge in [0.1, 0.15) is 0 Å². The third-order valence-electron chi connectivity index (χ3n) is 3.40. The Morgan fingerprint density at radius 2 is 2.07 bits per heavy atom. The van der Waals surface area contributed by atoms with Gasteiger partial charge >= 0.3 is 5.82 Å². The molecule has 0 radical (unpaired) electrons. The van der Waals surface area contributed by atoms with E-state index in [1.54, 1.807) is 19.1 Å². The quantitative estimate of drug-likeness (QED) is 0.297. The van der Waals surface area contributed by atoms with Crippen LogP contribution < -0.4 is 11.1 Å². The van der Waals surface area contributed by atoms with Crippen molar-refractivity contribution in [3.05, 3.63) is 81.3 Å². The van der Waals surface area contributed by atoms with Gasteiger partial charge in [-0.15, -0.1) is 4.68 Å². The van der Waals surface area contributed by atoms with E-state index in [-0.39, 0.29) is 27.8 Å². The van der Waals surface area contributed by atoms with Crippen LogP contribution in [0.15, 0.2) is 60.5 Å². The Morgan fingerprint density at radius 1 is 1.40 bits per heavy atom. The summed E-state index contributed by atoms with van der Waals surface area (Å²) in [6.07, 6.45) is 5.58. The van der Waals surface area contributed by atoms with Crippen molar-refractivity contribution in [1.29, 1.82) is 0 Å². The lowest BCUT2D eigenvalue weighted by Gasteiger charge is -2.09. The molecule has 0 atom stereocenters. The molecular weight excluding hydrogens is 412 g/mol. The largest absolute Gasteiger partial charge is 0.391 e. The second-order valence-electron chi connectivity index (χ2n) is 5.22. The molecule has 0 fully saturated rings. The summed E-state index contributed by atoms with van der Waals surface area (Å²) >= 11 is 6.07. The fourth-order valence-electron chi connectivity index (χ4n) is 2.21. The lowest BCUT2D eigenvalue weighted by atomic mass is 10.1. The predicted molar refractivity (Wildman–Crippen MR) is 113 cm³/mol. The molecule has 30 heavy (non-hydrogen) atoms. The Labute approximate surface area is 177 Å². The number of nitro groups is 1. The molecule has 2 rings (SSSR count). The number of primary amides is 1. The third-order valence-corrected chi connectivity index (χ3v) is 3.69. The number of hydrogen-bond acceptors (Lipinski definition) is 6. The average Bonchev–Trinajstić information content (AvgIpc) is 3.16. The number of nitrogens with one attached hydrogen (secondary N) is 1. The van der Waals surface area contributed by atoms with Gasteiger partial charge in [0.2, 0.25) is 0 Å². The van der Waals surface area contributed by atoms with Gasteiger partial charge in [-0.1, -0.05) is 44.2 Å². The highest BCUT2D eigenvalue weighted by molar-refractivity contribution is 6.32. The number of aromatic nitrogens is 3. The molecule has 11 heteroatoms. The molecule has 0 saturated carbocycles. The van der Waals surface area contributed by atoms with Crippen LogP contribution in [-0.2, 0) is 4.79 Å². The van der Waals surface area contributed by atoms with Gasteiger partial charge in [-0.05, 0) is 30.1 Å². The number of pyridine rings is 1. The van der Waals surface area contributed by atoms with Crippen LogP contribution in [0.2, 0.25) is 5.02 Å². The van der Waals surface area contributed by atoms with Gasteiger partial charge in [-0.25, -0.2) is 4.98 Å². The van der Waals surface area contributed by atoms with E-state index in [0.717, 1.165) is 10.7 Å². The molecule has 2 amide bonds. The summed E-state index contributed by atoms with van der Waals surface area (Å²) in [5.41, 5.74) is 5.10. The minimum absolute atomic E-state index is 0.0258. The predicted octanol–water partition coefficient (Wildman–Crippen LogP) is 3.09. The highest BCUT2D eigenvalue weighted by Gasteiger charge is 2.27. The maximum absolute atomic E-state index is 12.8. The van der Waals surface area contributed by atoms with Gasteiger partial charge in [0.15, 0.2) is 11.5 Å². The lowest BCUT2D eigenvalue weighted by Crippen LogP contribution is -2.28. The van der Waals surface area contributed by atoms with Crippen LogP contribution in [0.1, 0.15) is 31.3 Å². The van der Waals surface area contributed by atoms with Gasteiger partial charge in [0.25, 0.3) is 11.8 Å². The molecule has 0 saturated heterocycles. The molecule has 2 aromatic rings. The SMILES string of the molecule is C=C/C(C(N)=O)=C(/C=C\C)NC(=O)c1cc([N+](=O)[O-])nn1-c1ncccc1Cl.CC. The number of rotatable bonds is 7. The number of carbonyl (C=O) groups excluding carboxylic acids is 2. The maximum atomic E-state index is 12.8. The summed E-state index contributed by atoms with van der Waals surface area (Å²) in [7, 11) is 0. The Kier molecular flexibility index (Phi) is 9.11. The number of halogens is 1. The van der Waals surface area contributed by atoms with Crippen molar-refractivity contribution >= 4 is 29.2 Å². The van der Waals surface area contributed by atoms with Gasteiger partial charge in [0.05, 0.1) is 27.5 Å². The van der Waals surface area contributed by atoms with Gasteiger partial charge < -0.3 is 21.2 Å². The minimum Gasteiger partial charge on any atom is -0.366 e. The fraction of sp³-hybridized carbons (Fsp3) is 0.158. The fourth-order valence-corrected chi connectivity index (χ4v) is 2.41. The Morgan fingerprint density at radius 3 is 2.57 bits per heavy atom. The molecule has 158 valence electrons. The number of allylic oxidation sites excluding steroid dienone is 2. The summed E-state index contributed by atoms with van der Waals surface area (Å²) in [5.74, 6) is -2.16. The third kappa shape index (κ3) is 5.61. The van der Waals surface area contributed by atoms with Crippen molar-refractivity contribution in [3.63, 3.8) is 0 Å². The standard InChI is InChI=1S/C17H15ClN6O4.C2H6/c1-3-6-12(10(4-2)15(19)25)21-17(26)13-9-14(24(27)28)22-23(13)16-11(18)7-5-8-20-16;1-2/h3-9H,2H2,1H3,(H2,19,25)(H,21,26);1-2H3/b6-3-,12-10+;. The normalized spacial score (nSPS) is 11.2. The summed E-state index contributed by atoms with van der Waals surface area (Å²) in [4.78, 5) is 38.7. The number of nitrogens with two attached hydrogens (primary N) is 1. The molecule has 10 nitrogen and oxygen atoms in total. The smallest absolute Gasteiger partial charge is 0.366 e. The van der Waals surface area contributed by atoms with E-state index in [4.69, 9.17) is 17.3 Å². The first kappa shape index (κ1) is 24.2. The monoisotopic (exact) mass is 432 g/mol. The van der Waals surface area contributed by atoms with Crippen molar-refractivity contribution in [2.24, 2.45) is 5.73 Å². The number of amides is 2. The Balaban J connectivity index is 0.00000218. The maximum Gasteiger partial charge on any atom is 0.391 e. The molecule has 2 aromatic heterocycles. The van der Waals surface area contributed by atoms with Gasteiger partial charge in [0, 0.05) is 6.20 Å². The van der Waals surface area contributed by atoms with Crippen molar-refractivity contribution in [1.82, 2.24) is 20.1 Å².